The molecule has 1 saturated heterocycles. The topological polar surface area (TPSA) is 64.8 Å². The van der Waals surface area contributed by atoms with Crippen LogP contribution in [0.4, 0.5) is 4.79 Å². The lowest BCUT2D eigenvalue weighted by atomic mass is 10.0. The molecule has 0 aromatic rings. The second-order valence-electron chi connectivity index (χ2n) is 5.15. The summed E-state index contributed by atoms with van der Waals surface area (Å²) in [5.74, 6) is 0. The summed E-state index contributed by atoms with van der Waals surface area (Å²) in [7, 11) is 1.65. The monoisotopic (exact) mass is 230 g/mol. The Kier molecular flexibility index (Phi) is 4.15. The number of amides is 1. The van der Waals surface area contributed by atoms with Gasteiger partial charge in [0.15, 0.2) is 0 Å². The molecule has 2 N–H and O–H groups in total. The summed E-state index contributed by atoms with van der Waals surface area (Å²) in [6.45, 7) is 6.70. The number of hydrogen-bond acceptors (Lipinski definition) is 4. The highest BCUT2D eigenvalue weighted by Gasteiger charge is 2.31. The average Bonchev–Trinajstić information content (AvgIpc) is 2.15. The van der Waals surface area contributed by atoms with Crippen molar-refractivity contribution in [2.75, 3.05) is 20.2 Å². The molecule has 5 heteroatoms. The molecule has 94 valence electrons. The van der Waals surface area contributed by atoms with E-state index < -0.39 is 5.60 Å². The SMILES string of the molecule is COC1CCN(C(=O)OC(C)(C)C)CC1N. The summed E-state index contributed by atoms with van der Waals surface area (Å²) in [6, 6.07) is -0.133. The van der Waals surface area contributed by atoms with Crippen molar-refractivity contribution >= 4 is 6.09 Å². The molecule has 0 bridgehead atoms. The Balaban J connectivity index is 2.48. The number of nitrogens with zero attached hydrogens (tertiary/aromatic N) is 1. The van der Waals surface area contributed by atoms with Gasteiger partial charge in [0.25, 0.3) is 0 Å². The zero-order valence-corrected chi connectivity index (χ0v) is 10.5. The Hall–Kier alpha value is -0.810. The van der Waals surface area contributed by atoms with Crippen molar-refractivity contribution in [1.29, 1.82) is 0 Å². The molecule has 2 atom stereocenters. The normalized spacial score (nSPS) is 26.7. The van der Waals surface area contributed by atoms with E-state index in [9.17, 15) is 4.79 Å². The van der Waals surface area contributed by atoms with E-state index in [-0.39, 0.29) is 18.2 Å². The molecule has 1 fully saturated rings. The number of rotatable bonds is 1. The Morgan fingerprint density at radius 2 is 2.06 bits per heavy atom. The van der Waals surface area contributed by atoms with Gasteiger partial charge in [-0.3, -0.25) is 0 Å². The number of hydrogen-bond donors (Lipinski definition) is 1. The van der Waals surface area contributed by atoms with Gasteiger partial charge in [0, 0.05) is 26.2 Å². The number of likely N-dealkylation sites (tertiary alicyclic amines) is 1. The number of nitrogens with two attached hydrogens (primary N) is 1. The standard InChI is InChI=1S/C11H22N2O3/c1-11(2,3)16-10(14)13-6-5-9(15-4)8(12)7-13/h8-9H,5-7,12H2,1-4H3. The molecule has 0 spiro atoms. The molecule has 1 amide bonds. The lowest BCUT2D eigenvalue weighted by Crippen LogP contribution is -2.54. The molecule has 2 unspecified atom stereocenters. The Bertz CT molecular complexity index is 250. The first kappa shape index (κ1) is 13.3. The highest BCUT2D eigenvalue weighted by Crippen LogP contribution is 2.16. The zero-order valence-electron chi connectivity index (χ0n) is 10.5. The molecular weight excluding hydrogens is 208 g/mol. The summed E-state index contributed by atoms with van der Waals surface area (Å²) < 4.78 is 10.5. The fraction of sp³-hybridized carbons (Fsp3) is 0.909. The molecule has 1 rings (SSSR count). The molecule has 1 heterocycles. The molecule has 0 radical (unpaired) electrons. The van der Waals surface area contributed by atoms with Crippen LogP contribution in [-0.2, 0) is 9.47 Å². The smallest absolute Gasteiger partial charge is 0.410 e. The summed E-state index contributed by atoms with van der Waals surface area (Å²) in [4.78, 5) is 13.4. The van der Waals surface area contributed by atoms with E-state index >= 15 is 0 Å². The van der Waals surface area contributed by atoms with Crippen molar-refractivity contribution in [3.05, 3.63) is 0 Å². The van der Waals surface area contributed by atoms with Crippen LogP contribution in [-0.4, -0.2) is 48.9 Å². The second-order valence-corrected chi connectivity index (χ2v) is 5.15. The minimum Gasteiger partial charge on any atom is -0.444 e. The van der Waals surface area contributed by atoms with Gasteiger partial charge in [-0.25, -0.2) is 4.79 Å². The van der Waals surface area contributed by atoms with Gasteiger partial charge in [0.1, 0.15) is 5.60 Å². The maximum absolute atomic E-state index is 11.8. The van der Waals surface area contributed by atoms with Crippen LogP contribution < -0.4 is 5.73 Å². The van der Waals surface area contributed by atoms with Crippen LogP contribution in [0.15, 0.2) is 0 Å². The molecule has 1 aliphatic rings. The Morgan fingerprint density at radius 1 is 1.44 bits per heavy atom. The fourth-order valence-corrected chi connectivity index (χ4v) is 1.75. The van der Waals surface area contributed by atoms with Crippen LogP contribution in [0, 0.1) is 0 Å². The van der Waals surface area contributed by atoms with E-state index in [0.717, 1.165) is 6.42 Å². The van der Waals surface area contributed by atoms with Gasteiger partial charge < -0.3 is 20.1 Å². The predicted octanol–water partition coefficient (Wildman–Crippen LogP) is 0.970. The summed E-state index contributed by atoms with van der Waals surface area (Å²) >= 11 is 0. The number of methoxy groups -OCH3 is 1. The first-order valence-electron chi connectivity index (χ1n) is 5.60. The maximum atomic E-state index is 11.8. The highest BCUT2D eigenvalue weighted by molar-refractivity contribution is 5.68. The third-order valence-corrected chi connectivity index (χ3v) is 2.55. The second kappa shape index (κ2) is 5.01. The zero-order chi connectivity index (χ0) is 12.3. The van der Waals surface area contributed by atoms with Gasteiger partial charge in [-0.15, -0.1) is 0 Å². The van der Waals surface area contributed by atoms with Gasteiger partial charge in [-0.05, 0) is 27.2 Å². The molecule has 5 nitrogen and oxygen atoms in total. The minimum absolute atomic E-state index is 0.0405. The first-order valence-corrected chi connectivity index (χ1v) is 5.60. The molecular formula is C11H22N2O3. The first-order chi connectivity index (χ1) is 7.33. The van der Waals surface area contributed by atoms with Crippen molar-refractivity contribution < 1.29 is 14.3 Å². The van der Waals surface area contributed by atoms with Crippen molar-refractivity contribution in [2.45, 2.75) is 44.9 Å². The van der Waals surface area contributed by atoms with Crippen LogP contribution in [0.25, 0.3) is 0 Å². The minimum atomic E-state index is -0.459. The van der Waals surface area contributed by atoms with E-state index in [0.29, 0.717) is 13.1 Å². The van der Waals surface area contributed by atoms with Crippen LogP contribution in [0.1, 0.15) is 27.2 Å². The van der Waals surface area contributed by atoms with Crippen LogP contribution in [0.2, 0.25) is 0 Å². The average molecular weight is 230 g/mol. The van der Waals surface area contributed by atoms with Gasteiger partial charge in [0.05, 0.1) is 6.10 Å². The van der Waals surface area contributed by atoms with E-state index in [2.05, 4.69) is 0 Å². The number of carbonyl (C=O) groups is 1. The summed E-state index contributed by atoms with van der Waals surface area (Å²) in [5.41, 5.74) is 5.45. The van der Waals surface area contributed by atoms with E-state index in [1.54, 1.807) is 12.0 Å². The third-order valence-electron chi connectivity index (χ3n) is 2.55. The predicted molar refractivity (Wildman–Crippen MR) is 61.2 cm³/mol. The number of ether oxygens (including phenoxy) is 2. The third kappa shape index (κ3) is 3.64. The largest absolute Gasteiger partial charge is 0.444 e. The molecule has 16 heavy (non-hydrogen) atoms. The van der Waals surface area contributed by atoms with Crippen molar-refractivity contribution in [1.82, 2.24) is 4.90 Å². The van der Waals surface area contributed by atoms with Gasteiger partial charge >= 0.3 is 6.09 Å². The number of piperidine rings is 1. The number of carbonyl (C=O) groups excluding carboxylic acids is 1. The quantitative estimate of drug-likeness (QED) is 0.729. The van der Waals surface area contributed by atoms with Gasteiger partial charge in [-0.2, -0.15) is 0 Å². The van der Waals surface area contributed by atoms with Crippen LogP contribution in [0.3, 0.4) is 0 Å². The maximum Gasteiger partial charge on any atom is 0.410 e. The molecule has 0 aliphatic carbocycles. The van der Waals surface area contributed by atoms with Crippen molar-refractivity contribution in [3.63, 3.8) is 0 Å². The summed E-state index contributed by atoms with van der Waals surface area (Å²) in [6.07, 6.45) is 0.507. The van der Waals surface area contributed by atoms with Gasteiger partial charge in [-0.1, -0.05) is 0 Å². The molecule has 1 aliphatic heterocycles. The molecule has 0 aromatic carbocycles. The summed E-state index contributed by atoms with van der Waals surface area (Å²) in [5, 5.41) is 0. The fourth-order valence-electron chi connectivity index (χ4n) is 1.75. The van der Waals surface area contributed by atoms with E-state index in [4.69, 9.17) is 15.2 Å². The van der Waals surface area contributed by atoms with Crippen molar-refractivity contribution in [3.8, 4) is 0 Å². The van der Waals surface area contributed by atoms with Crippen LogP contribution >= 0.6 is 0 Å². The van der Waals surface area contributed by atoms with Crippen LogP contribution in [0.5, 0.6) is 0 Å². The van der Waals surface area contributed by atoms with Crippen molar-refractivity contribution in [2.24, 2.45) is 5.73 Å². The van der Waals surface area contributed by atoms with E-state index in [1.807, 2.05) is 20.8 Å². The van der Waals surface area contributed by atoms with E-state index in [1.165, 1.54) is 0 Å². The lowest BCUT2D eigenvalue weighted by molar-refractivity contribution is -0.00573. The highest BCUT2D eigenvalue weighted by atomic mass is 16.6. The Morgan fingerprint density at radius 3 is 2.50 bits per heavy atom. The Labute approximate surface area is 96.9 Å². The lowest BCUT2D eigenvalue weighted by Gasteiger charge is -2.36. The molecule has 0 saturated carbocycles. The van der Waals surface area contributed by atoms with Gasteiger partial charge in [0.2, 0.25) is 0 Å². The molecule has 0 aromatic heterocycles.